The summed E-state index contributed by atoms with van der Waals surface area (Å²) in [5, 5.41) is 19.6. The van der Waals surface area contributed by atoms with E-state index in [9.17, 15) is 15.0 Å². The highest BCUT2D eigenvalue weighted by Crippen LogP contribution is 2.38. The van der Waals surface area contributed by atoms with Crippen LogP contribution in [0.4, 0.5) is 0 Å². The Labute approximate surface area is 122 Å². The lowest BCUT2D eigenvalue weighted by atomic mass is 10.0. The van der Waals surface area contributed by atoms with Gasteiger partial charge in [-0.1, -0.05) is 18.2 Å². The molecule has 5 nitrogen and oxygen atoms in total. The summed E-state index contributed by atoms with van der Waals surface area (Å²) in [6, 6.07) is 9.64. The molecule has 1 aromatic carbocycles. The summed E-state index contributed by atoms with van der Waals surface area (Å²) in [5.41, 5.74) is 0.667. The highest BCUT2D eigenvalue weighted by Gasteiger charge is 2.38. The van der Waals surface area contributed by atoms with Crippen LogP contribution in [0.15, 0.2) is 47.1 Å². The van der Waals surface area contributed by atoms with Crippen LogP contribution in [0.25, 0.3) is 0 Å². The number of para-hydroxylation sites is 1. The number of rotatable bonds is 4. The second kappa shape index (κ2) is 5.61. The number of nitrogens with zero attached hydrogens (tertiary/aromatic N) is 1. The van der Waals surface area contributed by atoms with Crippen molar-refractivity contribution in [2.24, 2.45) is 0 Å². The SMILES string of the molecule is O=C(O)[C@@H]1CCCN1C(c1ccco1)c1ccccc1O. The number of phenolic OH excluding ortho intramolecular Hbond substituents is 1. The molecule has 1 aliphatic rings. The van der Waals surface area contributed by atoms with E-state index in [1.807, 2.05) is 17.0 Å². The van der Waals surface area contributed by atoms with E-state index in [0.717, 1.165) is 6.42 Å². The molecule has 0 radical (unpaired) electrons. The van der Waals surface area contributed by atoms with Crippen LogP contribution in [-0.4, -0.2) is 33.7 Å². The number of aliphatic carboxylic acids is 1. The second-order valence-electron chi connectivity index (χ2n) is 5.21. The number of hydrogen-bond acceptors (Lipinski definition) is 4. The number of likely N-dealkylation sites (tertiary alicyclic amines) is 1. The van der Waals surface area contributed by atoms with E-state index in [0.29, 0.717) is 24.3 Å². The Kier molecular flexibility index (Phi) is 3.66. The third-order valence-electron chi connectivity index (χ3n) is 3.95. The predicted molar refractivity (Wildman–Crippen MR) is 76.0 cm³/mol. The fourth-order valence-electron chi connectivity index (χ4n) is 3.02. The number of benzene rings is 1. The summed E-state index contributed by atoms with van der Waals surface area (Å²) in [7, 11) is 0. The minimum Gasteiger partial charge on any atom is -0.508 e. The summed E-state index contributed by atoms with van der Waals surface area (Å²) in [6.07, 6.45) is 3.00. The zero-order valence-corrected chi connectivity index (χ0v) is 11.5. The quantitative estimate of drug-likeness (QED) is 0.904. The molecule has 1 aromatic heterocycles. The van der Waals surface area contributed by atoms with E-state index >= 15 is 0 Å². The smallest absolute Gasteiger partial charge is 0.320 e. The van der Waals surface area contributed by atoms with Crippen LogP contribution < -0.4 is 0 Å². The Morgan fingerprint density at radius 2 is 2.10 bits per heavy atom. The third kappa shape index (κ3) is 2.52. The molecule has 110 valence electrons. The van der Waals surface area contributed by atoms with E-state index in [1.54, 1.807) is 30.5 Å². The van der Waals surface area contributed by atoms with E-state index in [1.165, 1.54) is 0 Å². The summed E-state index contributed by atoms with van der Waals surface area (Å²) < 4.78 is 5.50. The Bertz CT molecular complexity index is 623. The standard InChI is InChI=1S/C16H17NO4/c18-13-7-2-1-5-11(13)15(14-8-4-10-21-14)17-9-3-6-12(17)16(19)20/h1-2,4-5,7-8,10,12,15,18H,3,6,9H2,(H,19,20)/t12-,15?/m0/s1. The van der Waals surface area contributed by atoms with E-state index < -0.39 is 12.0 Å². The lowest BCUT2D eigenvalue weighted by Crippen LogP contribution is -2.39. The second-order valence-corrected chi connectivity index (χ2v) is 5.21. The van der Waals surface area contributed by atoms with Gasteiger partial charge in [0.05, 0.1) is 12.3 Å². The van der Waals surface area contributed by atoms with Gasteiger partial charge in [0.2, 0.25) is 0 Å². The zero-order chi connectivity index (χ0) is 14.8. The van der Waals surface area contributed by atoms with Crippen LogP contribution in [0.3, 0.4) is 0 Å². The Balaban J connectivity index is 2.05. The predicted octanol–water partition coefficient (Wildman–Crippen LogP) is 2.62. The van der Waals surface area contributed by atoms with Gasteiger partial charge in [0.25, 0.3) is 0 Å². The summed E-state index contributed by atoms with van der Waals surface area (Å²) in [5.74, 6) is -0.0425. The van der Waals surface area contributed by atoms with Crippen molar-refractivity contribution in [2.45, 2.75) is 24.9 Å². The molecule has 2 N–H and O–H groups in total. The molecule has 2 atom stereocenters. The first-order valence-electron chi connectivity index (χ1n) is 6.98. The highest BCUT2D eigenvalue weighted by molar-refractivity contribution is 5.74. The first-order chi connectivity index (χ1) is 10.2. The van der Waals surface area contributed by atoms with Gasteiger partial charge in [-0.15, -0.1) is 0 Å². The lowest BCUT2D eigenvalue weighted by Gasteiger charge is -2.30. The monoisotopic (exact) mass is 287 g/mol. The number of hydrogen-bond donors (Lipinski definition) is 2. The highest BCUT2D eigenvalue weighted by atomic mass is 16.4. The van der Waals surface area contributed by atoms with E-state index in [-0.39, 0.29) is 11.8 Å². The van der Waals surface area contributed by atoms with Crippen molar-refractivity contribution >= 4 is 5.97 Å². The molecule has 0 amide bonds. The van der Waals surface area contributed by atoms with Gasteiger partial charge < -0.3 is 14.6 Å². The van der Waals surface area contributed by atoms with Gasteiger partial charge in [-0.2, -0.15) is 0 Å². The van der Waals surface area contributed by atoms with Crippen molar-refractivity contribution in [2.75, 3.05) is 6.54 Å². The summed E-state index contributed by atoms with van der Waals surface area (Å²) in [4.78, 5) is 13.4. The first-order valence-corrected chi connectivity index (χ1v) is 6.98. The van der Waals surface area contributed by atoms with Crippen molar-refractivity contribution in [3.63, 3.8) is 0 Å². The van der Waals surface area contributed by atoms with E-state index in [4.69, 9.17) is 4.42 Å². The van der Waals surface area contributed by atoms with Gasteiger partial charge in [0.15, 0.2) is 0 Å². The molecule has 1 fully saturated rings. The molecule has 0 saturated carbocycles. The maximum atomic E-state index is 11.5. The average molecular weight is 287 g/mol. The van der Waals surface area contributed by atoms with Crippen molar-refractivity contribution in [1.29, 1.82) is 0 Å². The maximum absolute atomic E-state index is 11.5. The molecule has 1 aliphatic heterocycles. The van der Waals surface area contributed by atoms with Crippen molar-refractivity contribution in [3.8, 4) is 5.75 Å². The molecule has 0 bridgehead atoms. The molecule has 1 saturated heterocycles. The molecule has 21 heavy (non-hydrogen) atoms. The van der Waals surface area contributed by atoms with Gasteiger partial charge in [-0.25, -0.2) is 0 Å². The maximum Gasteiger partial charge on any atom is 0.320 e. The number of carboxylic acid groups (broad SMARTS) is 1. The molecule has 3 rings (SSSR count). The number of phenols is 1. The third-order valence-corrected chi connectivity index (χ3v) is 3.95. The topological polar surface area (TPSA) is 73.9 Å². The van der Waals surface area contributed by atoms with Crippen LogP contribution in [0, 0.1) is 0 Å². The number of carboxylic acids is 1. The summed E-state index contributed by atoms with van der Waals surface area (Å²) >= 11 is 0. The number of aromatic hydroxyl groups is 1. The first kappa shape index (κ1) is 13.7. The molecular weight excluding hydrogens is 270 g/mol. The van der Waals surface area contributed by atoms with Crippen LogP contribution in [0.5, 0.6) is 5.75 Å². The van der Waals surface area contributed by atoms with Crippen LogP contribution >= 0.6 is 0 Å². The lowest BCUT2D eigenvalue weighted by molar-refractivity contribution is -0.142. The number of carbonyl (C=O) groups is 1. The van der Waals surface area contributed by atoms with Gasteiger partial charge in [-0.05, 0) is 31.0 Å². The Morgan fingerprint density at radius 1 is 1.29 bits per heavy atom. The van der Waals surface area contributed by atoms with E-state index in [2.05, 4.69) is 0 Å². The van der Waals surface area contributed by atoms with Gasteiger partial charge in [-0.3, -0.25) is 9.69 Å². The van der Waals surface area contributed by atoms with Crippen molar-refractivity contribution in [3.05, 3.63) is 54.0 Å². The summed E-state index contributed by atoms with van der Waals surface area (Å²) in [6.45, 7) is 0.663. The fourth-order valence-corrected chi connectivity index (χ4v) is 3.02. The Morgan fingerprint density at radius 3 is 2.76 bits per heavy atom. The molecular formula is C16H17NO4. The molecule has 2 aromatic rings. The molecule has 0 spiro atoms. The van der Waals surface area contributed by atoms with Gasteiger partial charge in [0, 0.05) is 12.1 Å². The molecule has 2 heterocycles. The van der Waals surface area contributed by atoms with Crippen LogP contribution in [0.1, 0.15) is 30.2 Å². The average Bonchev–Trinajstić information content (AvgIpc) is 3.13. The number of furan rings is 1. The van der Waals surface area contributed by atoms with Crippen LogP contribution in [-0.2, 0) is 4.79 Å². The van der Waals surface area contributed by atoms with Crippen LogP contribution in [0.2, 0.25) is 0 Å². The van der Waals surface area contributed by atoms with Gasteiger partial charge >= 0.3 is 5.97 Å². The largest absolute Gasteiger partial charge is 0.508 e. The molecule has 5 heteroatoms. The Hall–Kier alpha value is -2.27. The molecule has 0 aliphatic carbocycles. The van der Waals surface area contributed by atoms with Crippen molar-refractivity contribution < 1.29 is 19.4 Å². The molecule has 1 unspecified atom stereocenters. The minimum absolute atomic E-state index is 0.148. The van der Waals surface area contributed by atoms with Gasteiger partial charge in [0.1, 0.15) is 17.6 Å². The van der Waals surface area contributed by atoms with Crippen molar-refractivity contribution in [1.82, 2.24) is 4.90 Å². The normalized spacial score (nSPS) is 20.5. The minimum atomic E-state index is -0.834. The zero-order valence-electron chi connectivity index (χ0n) is 11.5. The fraction of sp³-hybridized carbons (Fsp3) is 0.312.